The molecule has 2 aromatic heterocycles. The lowest BCUT2D eigenvalue weighted by atomic mass is 10.2. The van der Waals surface area contributed by atoms with Crippen molar-refractivity contribution >= 4 is 55.5 Å². The smallest absolute Gasteiger partial charge is 0.272 e. The number of thiazole rings is 2. The number of aromatic nitrogens is 2. The van der Waals surface area contributed by atoms with E-state index in [1.165, 1.54) is 22.7 Å². The molecule has 4 aromatic rings. The molecule has 0 fully saturated rings. The van der Waals surface area contributed by atoms with Gasteiger partial charge in [0.15, 0.2) is 5.13 Å². The Labute approximate surface area is 170 Å². The largest absolute Gasteiger partial charge is 0.279 e. The second kappa shape index (κ2) is 7.38. The molecule has 0 aliphatic carbocycles. The topological polar surface area (TPSA) is 46.1 Å². The first-order chi connectivity index (χ1) is 13.0. The van der Waals surface area contributed by atoms with Crippen molar-refractivity contribution < 1.29 is 4.79 Å². The van der Waals surface area contributed by atoms with Crippen molar-refractivity contribution in [1.29, 1.82) is 0 Å². The van der Waals surface area contributed by atoms with E-state index in [4.69, 9.17) is 11.6 Å². The Bertz CT molecular complexity index is 1120. The lowest BCUT2D eigenvalue weighted by molar-refractivity contribution is 0.0988. The summed E-state index contributed by atoms with van der Waals surface area (Å²) in [7, 11) is 0. The maximum absolute atomic E-state index is 13.4. The molecule has 0 aliphatic heterocycles. The van der Waals surface area contributed by atoms with Crippen molar-refractivity contribution in [1.82, 2.24) is 9.97 Å². The summed E-state index contributed by atoms with van der Waals surface area (Å²) in [6, 6.07) is 15.6. The highest BCUT2D eigenvalue weighted by atomic mass is 35.5. The van der Waals surface area contributed by atoms with Gasteiger partial charge in [0.1, 0.15) is 10.4 Å². The van der Waals surface area contributed by atoms with E-state index in [1.807, 2.05) is 62.4 Å². The van der Waals surface area contributed by atoms with Gasteiger partial charge in [-0.3, -0.25) is 9.69 Å². The molecule has 136 valence electrons. The highest BCUT2D eigenvalue weighted by Crippen LogP contribution is 2.35. The summed E-state index contributed by atoms with van der Waals surface area (Å²) in [6.45, 7) is 4.22. The molecule has 2 heterocycles. The van der Waals surface area contributed by atoms with E-state index < -0.39 is 0 Å². The number of para-hydroxylation sites is 1. The summed E-state index contributed by atoms with van der Waals surface area (Å²) in [5, 5.41) is 2.10. The van der Waals surface area contributed by atoms with Gasteiger partial charge in [0, 0.05) is 0 Å². The molecule has 4 rings (SSSR count). The molecule has 0 atom stereocenters. The average Bonchev–Trinajstić information content (AvgIpc) is 3.23. The number of anilines is 1. The zero-order chi connectivity index (χ0) is 19.0. The van der Waals surface area contributed by atoms with Crippen molar-refractivity contribution in [3.63, 3.8) is 0 Å². The molecule has 0 radical (unpaired) electrons. The fraction of sp³-hybridized carbons (Fsp3) is 0.150. The van der Waals surface area contributed by atoms with Crippen LogP contribution in [0.3, 0.4) is 0 Å². The Kier molecular flexibility index (Phi) is 4.95. The van der Waals surface area contributed by atoms with Gasteiger partial charge in [-0.15, -0.1) is 11.3 Å². The molecule has 2 aromatic carbocycles. The number of fused-ring (bicyclic) bond motifs is 1. The molecule has 0 N–H and O–H groups in total. The Morgan fingerprint density at radius 2 is 1.81 bits per heavy atom. The standard InChI is InChI=1S/C20H16ClN3OS2/c1-12-18(26-13(2)22-12)19(25)24(11-14-7-4-3-5-8-14)20-23-17-15(21)9-6-10-16(17)27-20/h3-10H,11H2,1-2H3. The van der Waals surface area contributed by atoms with Gasteiger partial charge in [0.25, 0.3) is 5.91 Å². The summed E-state index contributed by atoms with van der Waals surface area (Å²) in [5.41, 5.74) is 2.51. The van der Waals surface area contributed by atoms with Gasteiger partial charge in [0.05, 0.1) is 27.0 Å². The number of carbonyl (C=O) groups is 1. The average molecular weight is 414 g/mol. The van der Waals surface area contributed by atoms with Crippen LogP contribution in [-0.2, 0) is 6.54 Å². The first kappa shape index (κ1) is 18.1. The highest BCUT2D eigenvalue weighted by Gasteiger charge is 2.25. The predicted molar refractivity (Wildman–Crippen MR) is 113 cm³/mol. The minimum absolute atomic E-state index is 0.0860. The third-order valence-electron chi connectivity index (χ3n) is 4.12. The summed E-state index contributed by atoms with van der Waals surface area (Å²) < 4.78 is 0.959. The number of carbonyl (C=O) groups excluding carboxylic acids is 1. The van der Waals surface area contributed by atoms with Crippen molar-refractivity contribution in [2.75, 3.05) is 4.90 Å². The van der Waals surface area contributed by atoms with Crippen LogP contribution in [0.25, 0.3) is 10.2 Å². The summed E-state index contributed by atoms with van der Waals surface area (Å²) >= 11 is 9.18. The van der Waals surface area contributed by atoms with Crippen LogP contribution in [0.15, 0.2) is 48.5 Å². The molecule has 4 nitrogen and oxygen atoms in total. The molecular weight excluding hydrogens is 398 g/mol. The summed E-state index contributed by atoms with van der Waals surface area (Å²) in [4.78, 5) is 24.8. The van der Waals surface area contributed by atoms with E-state index in [0.29, 0.717) is 21.6 Å². The number of amides is 1. The van der Waals surface area contributed by atoms with Gasteiger partial charge in [-0.2, -0.15) is 0 Å². The quantitative estimate of drug-likeness (QED) is 0.420. The van der Waals surface area contributed by atoms with Crippen LogP contribution in [0.1, 0.15) is 25.9 Å². The van der Waals surface area contributed by atoms with Crippen LogP contribution >= 0.6 is 34.3 Å². The monoisotopic (exact) mass is 413 g/mol. The van der Waals surface area contributed by atoms with Gasteiger partial charge in [-0.25, -0.2) is 9.97 Å². The second-order valence-electron chi connectivity index (χ2n) is 6.11. The lowest BCUT2D eigenvalue weighted by Crippen LogP contribution is -2.30. The van der Waals surface area contributed by atoms with Gasteiger partial charge < -0.3 is 0 Å². The van der Waals surface area contributed by atoms with Crippen LogP contribution < -0.4 is 4.90 Å². The van der Waals surface area contributed by atoms with Crippen molar-refractivity contribution in [3.8, 4) is 0 Å². The molecule has 0 aliphatic rings. The molecule has 0 unspecified atom stereocenters. The highest BCUT2D eigenvalue weighted by molar-refractivity contribution is 7.22. The third kappa shape index (κ3) is 3.60. The fourth-order valence-electron chi connectivity index (χ4n) is 2.86. The van der Waals surface area contributed by atoms with Crippen LogP contribution in [0.5, 0.6) is 0 Å². The zero-order valence-electron chi connectivity index (χ0n) is 14.8. The number of hydrogen-bond donors (Lipinski definition) is 0. The minimum Gasteiger partial charge on any atom is -0.279 e. The number of nitrogens with zero attached hydrogens (tertiary/aromatic N) is 3. The van der Waals surface area contributed by atoms with Gasteiger partial charge in [-0.05, 0) is 31.5 Å². The van der Waals surface area contributed by atoms with E-state index in [0.717, 1.165) is 26.5 Å². The van der Waals surface area contributed by atoms with Gasteiger partial charge in [0.2, 0.25) is 0 Å². The number of aryl methyl sites for hydroxylation is 2. The number of rotatable bonds is 4. The normalized spacial score (nSPS) is 11.1. The zero-order valence-corrected chi connectivity index (χ0v) is 17.2. The Balaban J connectivity index is 1.80. The van der Waals surface area contributed by atoms with E-state index in [9.17, 15) is 4.79 Å². The van der Waals surface area contributed by atoms with Gasteiger partial charge in [-0.1, -0.05) is 59.3 Å². The SMILES string of the molecule is Cc1nc(C)c(C(=O)N(Cc2ccccc2)c2nc3c(Cl)cccc3s2)s1. The summed E-state index contributed by atoms with van der Waals surface area (Å²) in [6.07, 6.45) is 0. The molecule has 0 spiro atoms. The molecule has 7 heteroatoms. The Morgan fingerprint density at radius 1 is 1.04 bits per heavy atom. The summed E-state index contributed by atoms with van der Waals surface area (Å²) in [5.74, 6) is -0.0860. The van der Waals surface area contributed by atoms with Crippen molar-refractivity contribution in [2.45, 2.75) is 20.4 Å². The number of hydrogen-bond acceptors (Lipinski definition) is 5. The molecule has 0 bridgehead atoms. The second-order valence-corrected chi connectivity index (χ2v) is 8.73. The first-order valence-electron chi connectivity index (χ1n) is 8.38. The third-order valence-corrected chi connectivity index (χ3v) is 6.53. The molecule has 27 heavy (non-hydrogen) atoms. The first-order valence-corrected chi connectivity index (χ1v) is 10.4. The maximum atomic E-state index is 13.4. The maximum Gasteiger partial charge on any atom is 0.272 e. The number of halogens is 1. The van der Waals surface area contributed by atoms with E-state index >= 15 is 0 Å². The van der Waals surface area contributed by atoms with Gasteiger partial charge >= 0.3 is 0 Å². The van der Waals surface area contributed by atoms with Crippen LogP contribution in [-0.4, -0.2) is 15.9 Å². The van der Waals surface area contributed by atoms with Crippen molar-refractivity contribution in [3.05, 3.63) is 74.7 Å². The van der Waals surface area contributed by atoms with Crippen LogP contribution in [0.2, 0.25) is 5.02 Å². The minimum atomic E-state index is -0.0860. The lowest BCUT2D eigenvalue weighted by Gasteiger charge is -2.19. The molecule has 0 saturated heterocycles. The van der Waals surface area contributed by atoms with E-state index in [-0.39, 0.29) is 5.91 Å². The Hall–Kier alpha value is -2.28. The van der Waals surface area contributed by atoms with Crippen LogP contribution in [0.4, 0.5) is 5.13 Å². The van der Waals surface area contributed by atoms with E-state index in [1.54, 1.807) is 4.90 Å². The fourth-order valence-corrected chi connectivity index (χ4v) is 5.00. The van der Waals surface area contributed by atoms with Crippen molar-refractivity contribution in [2.24, 2.45) is 0 Å². The Morgan fingerprint density at radius 3 is 2.48 bits per heavy atom. The van der Waals surface area contributed by atoms with E-state index in [2.05, 4.69) is 9.97 Å². The van der Waals surface area contributed by atoms with Crippen LogP contribution in [0, 0.1) is 13.8 Å². The molecule has 0 saturated carbocycles. The number of benzene rings is 2. The molecule has 1 amide bonds. The predicted octanol–water partition coefficient (Wildman–Crippen LogP) is 5.87. The molecular formula is C20H16ClN3OS2.